The molecule has 4 N–H and O–H groups in total. The summed E-state index contributed by atoms with van der Waals surface area (Å²) in [5.41, 5.74) is 5.04. The van der Waals surface area contributed by atoms with Crippen molar-refractivity contribution in [3.8, 4) is 0 Å². The second kappa shape index (κ2) is 4.80. The van der Waals surface area contributed by atoms with Crippen LogP contribution in [0.3, 0.4) is 0 Å². The molecule has 0 radical (unpaired) electrons. The molecule has 0 rings (SSSR count). The maximum absolute atomic E-state index is 10.5. The highest BCUT2D eigenvalue weighted by molar-refractivity contribution is 7.75. The van der Waals surface area contributed by atoms with Gasteiger partial charge in [-0.15, -0.1) is 0 Å². The van der Waals surface area contributed by atoms with Crippen molar-refractivity contribution in [3.63, 3.8) is 0 Å². The van der Waals surface area contributed by atoms with Crippen LogP contribution in [0.1, 0.15) is 0 Å². The van der Waals surface area contributed by atoms with Crippen molar-refractivity contribution in [2.75, 3.05) is 6.61 Å². The molecule has 12 heavy (non-hydrogen) atoms. The van der Waals surface area contributed by atoms with Gasteiger partial charge < -0.3 is 19.7 Å². The van der Waals surface area contributed by atoms with Gasteiger partial charge in [-0.25, -0.2) is 9.36 Å². The van der Waals surface area contributed by atoms with Gasteiger partial charge in [0.25, 0.3) is 0 Å². The molecule has 0 aromatic heterocycles. The number of phosphoric ester groups is 1. The Bertz CT molecular complexity index is 203. The Labute approximate surface area is 73.7 Å². The molecule has 0 bridgehead atoms. The highest BCUT2D eigenvalue weighted by Gasteiger charge is 2.20. The maximum atomic E-state index is 10.5. The van der Waals surface area contributed by atoms with Gasteiger partial charge in [0.2, 0.25) is 0 Å². The number of thiol groups is 1. The standard InChI is InChI=1S/C3H8NO6PS/c4-2(3(5)10-12)1-9-11(6,7)8/h2,12H,1,4H2,(H2,6,7,8)/t2-/m0/s1. The Kier molecular flexibility index (Phi) is 4.76. The molecule has 7 nitrogen and oxygen atoms in total. The fraction of sp³-hybridized carbons (Fsp3) is 0.667. The van der Waals surface area contributed by atoms with E-state index in [4.69, 9.17) is 15.5 Å². The van der Waals surface area contributed by atoms with Crippen LogP contribution in [-0.2, 0) is 18.1 Å². The van der Waals surface area contributed by atoms with E-state index in [1.54, 1.807) is 0 Å². The molecule has 0 heterocycles. The average Bonchev–Trinajstić information content (AvgIpc) is 1.97. The predicted octanol–water partition coefficient (Wildman–Crippen LogP) is -1.19. The van der Waals surface area contributed by atoms with Crippen LogP contribution < -0.4 is 5.73 Å². The summed E-state index contributed by atoms with van der Waals surface area (Å²) in [6.07, 6.45) is 0. The molecule has 0 aliphatic heterocycles. The van der Waals surface area contributed by atoms with Gasteiger partial charge in [0.1, 0.15) is 6.04 Å². The second-order valence-corrected chi connectivity index (χ2v) is 3.23. The minimum atomic E-state index is -4.58. The summed E-state index contributed by atoms with van der Waals surface area (Å²) < 4.78 is 17.9. The lowest BCUT2D eigenvalue weighted by Gasteiger charge is -2.09. The van der Waals surface area contributed by atoms with Gasteiger partial charge in [-0.1, -0.05) is 0 Å². The summed E-state index contributed by atoms with van der Waals surface area (Å²) in [5, 5.41) is 0. The van der Waals surface area contributed by atoms with Gasteiger partial charge in [0.15, 0.2) is 0 Å². The third kappa shape index (κ3) is 5.53. The van der Waals surface area contributed by atoms with E-state index < -0.39 is 26.4 Å². The first-order valence-electron chi connectivity index (χ1n) is 2.67. The first kappa shape index (κ1) is 11.9. The zero-order chi connectivity index (χ0) is 9.78. The van der Waals surface area contributed by atoms with Gasteiger partial charge in [0.05, 0.1) is 6.61 Å². The number of carbonyl (C=O) groups is 1. The molecule has 0 amide bonds. The van der Waals surface area contributed by atoms with Crippen LogP contribution in [0, 0.1) is 0 Å². The molecule has 0 aliphatic carbocycles. The zero-order valence-corrected chi connectivity index (χ0v) is 7.57. The second-order valence-electron chi connectivity index (χ2n) is 1.80. The lowest BCUT2D eigenvalue weighted by Crippen LogP contribution is -2.34. The predicted molar refractivity (Wildman–Crippen MR) is 41.0 cm³/mol. The van der Waals surface area contributed by atoms with Gasteiger partial charge in [-0.2, -0.15) is 0 Å². The van der Waals surface area contributed by atoms with E-state index in [9.17, 15) is 9.36 Å². The average molecular weight is 217 g/mol. The van der Waals surface area contributed by atoms with Crippen LogP contribution in [0.15, 0.2) is 0 Å². The van der Waals surface area contributed by atoms with Crippen LogP contribution in [-0.4, -0.2) is 28.4 Å². The Morgan fingerprint density at radius 3 is 2.50 bits per heavy atom. The molecule has 0 spiro atoms. The SMILES string of the molecule is N[C@@H](COP(=O)(O)O)C(=O)OS. The summed E-state index contributed by atoms with van der Waals surface area (Å²) in [7, 11) is -4.58. The Morgan fingerprint density at radius 1 is 1.67 bits per heavy atom. The summed E-state index contributed by atoms with van der Waals surface area (Å²) in [4.78, 5) is 26.8. The molecule has 9 heteroatoms. The monoisotopic (exact) mass is 217 g/mol. The fourth-order valence-electron chi connectivity index (χ4n) is 0.313. The molecule has 0 unspecified atom stereocenters. The number of phosphoric acid groups is 1. The van der Waals surface area contributed by atoms with Crippen LogP contribution in [0.5, 0.6) is 0 Å². The third-order valence-corrected chi connectivity index (χ3v) is 1.48. The Hall–Kier alpha value is -0.110. The minimum absolute atomic E-state index is 0.621. The van der Waals surface area contributed by atoms with Crippen molar-refractivity contribution in [3.05, 3.63) is 0 Å². The van der Waals surface area contributed by atoms with E-state index in [0.29, 0.717) is 0 Å². The third-order valence-electron chi connectivity index (χ3n) is 0.815. The lowest BCUT2D eigenvalue weighted by atomic mass is 10.3. The molecule has 0 saturated carbocycles. The molecule has 0 aromatic carbocycles. The zero-order valence-electron chi connectivity index (χ0n) is 5.78. The van der Waals surface area contributed by atoms with E-state index in [-0.39, 0.29) is 0 Å². The van der Waals surface area contributed by atoms with E-state index in [1.807, 2.05) is 0 Å². The first-order chi connectivity index (χ1) is 5.37. The van der Waals surface area contributed by atoms with Crippen molar-refractivity contribution >= 4 is 26.7 Å². The highest BCUT2D eigenvalue weighted by atomic mass is 32.1. The number of hydrogen-bond acceptors (Lipinski definition) is 6. The van der Waals surface area contributed by atoms with Crippen molar-refractivity contribution in [1.29, 1.82) is 0 Å². The fourth-order valence-corrected chi connectivity index (χ4v) is 0.803. The summed E-state index contributed by atoms with van der Waals surface area (Å²) in [5.74, 6) is -0.924. The Morgan fingerprint density at radius 2 is 2.17 bits per heavy atom. The molecule has 0 fully saturated rings. The molecule has 0 aliphatic rings. The van der Waals surface area contributed by atoms with Crippen molar-refractivity contribution in [2.45, 2.75) is 6.04 Å². The topological polar surface area (TPSA) is 119 Å². The highest BCUT2D eigenvalue weighted by Crippen LogP contribution is 2.35. The molecule has 0 aromatic rings. The molecular weight excluding hydrogens is 209 g/mol. The normalized spacial score (nSPS) is 14.0. The number of carbonyl (C=O) groups excluding carboxylic acids is 1. The van der Waals surface area contributed by atoms with Crippen LogP contribution in [0.25, 0.3) is 0 Å². The van der Waals surface area contributed by atoms with Crippen molar-refractivity contribution in [2.24, 2.45) is 5.73 Å². The van der Waals surface area contributed by atoms with Crippen LogP contribution >= 0.6 is 20.7 Å². The Balaban J connectivity index is 3.79. The van der Waals surface area contributed by atoms with Crippen LogP contribution in [0.2, 0.25) is 0 Å². The molecule has 1 atom stereocenters. The minimum Gasteiger partial charge on any atom is -0.393 e. The van der Waals surface area contributed by atoms with E-state index >= 15 is 0 Å². The van der Waals surface area contributed by atoms with Crippen molar-refractivity contribution < 1.29 is 27.9 Å². The van der Waals surface area contributed by atoms with Gasteiger partial charge in [-0.3, -0.25) is 4.52 Å². The summed E-state index contributed by atoms with van der Waals surface area (Å²) >= 11 is 3.14. The van der Waals surface area contributed by atoms with Gasteiger partial charge in [-0.05, 0) is 0 Å². The molecule has 0 saturated heterocycles. The van der Waals surface area contributed by atoms with Crippen LogP contribution in [0.4, 0.5) is 0 Å². The summed E-state index contributed by atoms with van der Waals surface area (Å²) in [6, 6.07) is -1.25. The number of hydrogen-bond donors (Lipinski definition) is 4. The van der Waals surface area contributed by atoms with Crippen molar-refractivity contribution in [1.82, 2.24) is 0 Å². The smallest absolute Gasteiger partial charge is 0.393 e. The molecular formula is C3H8NO6PS. The van der Waals surface area contributed by atoms with E-state index in [1.165, 1.54) is 0 Å². The number of rotatable bonds is 4. The van der Waals surface area contributed by atoms with E-state index in [0.717, 1.165) is 0 Å². The first-order valence-corrected chi connectivity index (χ1v) is 4.57. The van der Waals surface area contributed by atoms with E-state index in [2.05, 4.69) is 21.6 Å². The number of nitrogens with two attached hydrogens (primary N) is 1. The molecule has 72 valence electrons. The maximum Gasteiger partial charge on any atom is 0.469 e. The quantitative estimate of drug-likeness (QED) is 0.265. The lowest BCUT2D eigenvalue weighted by molar-refractivity contribution is -0.135. The van der Waals surface area contributed by atoms with Gasteiger partial charge >= 0.3 is 13.8 Å². The summed E-state index contributed by atoms with van der Waals surface area (Å²) in [6.45, 7) is -0.621. The van der Waals surface area contributed by atoms with Gasteiger partial charge in [0, 0.05) is 12.9 Å². The largest absolute Gasteiger partial charge is 0.469 e.